The van der Waals surface area contributed by atoms with Gasteiger partial charge in [0.2, 0.25) is 0 Å². The summed E-state index contributed by atoms with van der Waals surface area (Å²) in [4.78, 5) is 10.2. The summed E-state index contributed by atoms with van der Waals surface area (Å²) in [6.45, 7) is 1.11. The molecule has 0 saturated heterocycles. The van der Waals surface area contributed by atoms with Crippen molar-refractivity contribution in [3.8, 4) is 5.75 Å². The molecule has 5 nitrogen and oxygen atoms in total. The van der Waals surface area contributed by atoms with E-state index >= 15 is 0 Å². The Kier molecular flexibility index (Phi) is 14.5. The third-order valence-electron chi connectivity index (χ3n) is 1.89. The Bertz CT molecular complexity index is 369. The molecule has 1 rings (SSSR count). The largest absolute Gasteiger partial charge is 1.00 e. The second kappa shape index (κ2) is 11.6. The van der Waals surface area contributed by atoms with Gasteiger partial charge in [-0.05, 0) is 6.07 Å². The van der Waals surface area contributed by atoms with Crippen LogP contribution in [-0.2, 0) is 13.5 Å². The minimum absolute atomic E-state index is 0. The molecule has 0 saturated carbocycles. The number of carboxylic acid groups (broad SMARTS) is 1. The smallest absolute Gasteiger partial charge is 0.872 e. The monoisotopic (exact) mass is 297 g/mol. The zero-order valence-electron chi connectivity index (χ0n) is 11.8. The third kappa shape index (κ3) is 12.5. The van der Waals surface area contributed by atoms with Gasteiger partial charge in [0.1, 0.15) is 6.54 Å². The minimum Gasteiger partial charge on any atom is -0.872 e. The molecule has 0 unspecified atom stereocenters. The molecular weight excluding hydrogens is 277 g/mol. The van der Waals surface area contributed by atoms with E-state index in [1.807, 2.05) is 0 Å². The molecule has 0 aromatic heterocycles. The number of carboxylic acids is 1. The van der Waals surface area contributed by atoms with Crippen molar-refractivity contribution >= 4 is 19.5 Å². The van der Waals surface area contributed by atoms with Crippen LogP contribution in [0, 0.1) is 0 Å². The maximum absolute atomic E-state index is 10.7. The Labute approximate surface area is 143 Å². The van der Waals surface area contributed by atoms with Gasteiger partial charge in [-0.1, -0.05) is 23.9 Å². The van der Waals surface area contributed by atoms with Crippen LogP contribution in [0.15, 0.2) is 24.3 Å². The predicted molar refractivity (Wildman–Crippen MR) is 71.6 cm³/mol. The summed E-state index contributed by atoms with van der Waals surface area (Å²) < 4.78 is 0.844. The van der Waals surface area contributed by atoms with Crippen molar-refractivity contribution in [2.45, 2.75) is 0 Å². The maximum atomic E-state index is 10.7. The molecule has 1 aromatic rings. The number of rotatable bonds is 3. The van der Waals surface area contributed by atoms with Gasteiger partial charge in [0, 0.05) is 0 Å². The molecule has 0 aliphatic rings. The fraction of sp³-hybridized carbons (Fsp3) is 0.417. The summed E-state index contributed by atoms with van der Waals surface area (Å²) in [6, 6.07) is 5.54. The quantitative estimate of drug-likeness (QED) is 0.267. The van der Waals surface area contributed by atoms with Crippen LogP contribution in [0.3, 0.4) is 0 Å². The van der Waals surface area contributed by atoms with E-state index < -0.39 is 11.7 Å². The van der Waals surface area contributed by atoms with E-state index in [4.69, 9.17) is 10.2 Å². The summed E-state index contributed by atoms with van der Waals surface area (Å²) in [5.41, 5.74) is -0.178. The molecule has 0 bridgehead atoms. The number of quaternary nitrogens is 1. The van der Waals surface area contributed by atoms with Crippen LogP contribution in [0.25, 0.3) is 0 Å². The van der Waals surface area contributed by atoms with Crippen LogP contribution >= 0.6 is 0 Å². The fourth-order valence-electron chi connectivity index (χ4n) is 0.943. The van der Waals surface area contributed by atoms with Crippen molar-refractivity contribution in [3.63, 3.8) is 0 Å². The Hall–Kier alpha value is -0.240. The topological polar surface area (TPSA) is 80.6 Å². The Morgan fingerprint density at radius 1 is 1.26 bits per heavy atom. The number of aliphatic hydroxyl groups excluding tert-OH is 1. The number of thiol groups is 1. The van der Waals surface area contributed by atoms with E-state index in [2.05, 4.69) is 21.1 Å². The van der Waals surface area contributed by atoms with Gasteiger partial charge in [0.25, 0.3) is 0 Å². The van der Waals surface area contributed by atoms with Crippen LogP contribution in [0.2, 0.25) is 0 Å². The minimum atomic E-state index is -1.18. The van der Waals surface area contributed by atoms with Crippen molar-refractivity contribution in [2.24, 2.45) is 0 Å². The van der Waals surface area contributed by atoms with E-state index in [-0.39, 0.29) is 55.2 Å². The van der Waals surface area contributed by atoms with Crippen molar-refractivity contribution in [2.75, 3.05) is 34.3 Å². The van der Waals surface area contributed by atoms with Crippen molar-refractivity contribution in [1.29, 1.82) is 0 Å². The molecule has 0 amide bonds. The zero-order valence-corrected chi connectivity index (χ0v) is 14.7. The summed E-state index contributed by atoms with van der Waals surface area (Å²) >= 11 is 0. The molecule has 0 heterocycles. The Balaban J connectivity index is -0.000000258. The molecule has 1 aromatic carbocycles. The van der Waals surface area contributed by atoms with E-state index in [9.17, 15) is 9.90 Å². The zero-order chi connectivity index (χ0) is 13.5. The number of hydrogen-bond donors (Lipinski definition) is 2. The normalized spacial score (nSPS) is 9.26. The van der Waals surface area contributed by atoms with Gasteiger partial charge in [0.15, 0.2) is 0 Å². The van der Waals surface area contributed by atoms with E-state index in [0.29, 0.717) is 0 Å². The maximum Gasteiger partial charge on any atom is 1.00 e. The second-order valence-electron chi connectivity index (χ2n) is 4.54. The van der Waals surface area contributed by atoms with E-state index in [1.165, 1.54) is 24.3 Å². The van der Waals surface area contributed by atoms with Gasteiger partial charge in [-0.25, -0.2) is 4.79 Å². The summed E-state index contributed by atoms with van der Waals surface area (Å²) in [5, 5.41) is 27.4. The van der Waals surface area contributed by atoms with Gasteiger partial charge in [-0.2, -0.15) is 0 Å². The van der Waals surface area contributed by atoms with Crippen LogP contribution in [0.5, 0.6) is 5.75 Å². The van der Waals surface area contributed by atoms with Gasteiger partial charge in [-0.15, -0.1) is 0 Å². The molecular formula is C12H20NNaO4S. The predicted octanol–water partition coefficient (Wildman–Crippen LogP) is -3.12. The Morgan fingerprint density at radius 3 is 1.95 bits per heavy atom. The number of carbonyl (C=O) groups is 1. The van der Waals surface area contributed by atoms with Crippen molar-refractivity contribution in [1.82, 2.24) is 0 Å². The average molecular weight is 297 g/mol. The summed E-state index contributed by atoms with van der Waals surface area (Å²) in [5.74, 6) is -1.62. The van der Waals surface area contributed by atoms with E-state index in [0.717, 1.165) is 11.0 Å². The molecule has 7 heteroatoms. The summed E-state index contributed by atoms with van der Waals surface area (Å²) in [6.07, 6.45) is 0. The van der Waals surface area contributed by atoms with E-state index in [1.54, 1.807) is 0 Å². The van der Waals surface area contributed by atoms with Gasteiger partial charge >= 0.3 is 35.5 Å². The summed E-state index contributed by atoms with van der Waals surface area (Å²) in [7, 11) is 6.16. The number of aromatic carboxylic acids is 1. The van der Waals surface area contributed by atoms with Gasteiger partial charge < -0.3 is 33.3 Å². The second-order valence-corrected chi connectivity index (χ2v) is 4.54. The molecule has 0 fully saturated rings. The molecule has 0 radical (unpaired) electrons. The first kappa shape index (κ1) is 23.8. The van der Waals surface area contributed by atoms with Crippen molar-refractivity contribution < 1.29 is 54.2 Å². The van der Waals surface area contributed by atoms with Gasteiger partial charge in [0.05, 0.1) is 33.3 Å². The average Bonchev–Trinajstić information content (AvgIpc) is 2.16. The van der Waals surface area contributed by atoms with Gasteiger partial charge in [-0.3, -0.25) is 0 Å². The first-order chi connectivity index (χ1) is 7.78. The third-order valence-corrected chi connectivity index (χ3v) is 1.89. The van der Waals surface area contributed by atoms with Crippen LogP contribution in [0.4, 0.5) is 0 Å². The molecule has 0 aliphatic carbocycles. The number of aliphatic hydroxyl groups is 1. The number of hydrogen-bond acceptors (Lipinski definition) is 4. The molecule has 0 atom stereocenters. The first-order valence-electron chi connectivity index (χ1n) is 5.18. The number of para-hydroxylation sites is 1. The Morgan fingerprint density at radius 2 is 1.74 bits per heavy atom. The fourth-order valence-corrected chi connectivity index (χ4v) is 0.943. The number of likely N-dealkylation sites (N-methyl/N-ethyl adjacent to an activating group) is 1. The number of benzene rings is 1. The number of nitrogens with zero attached hydrogens (tertiary/aromatic N) is 1. The SMILES string of the molecule is C[N+](C)(C)CCO.O=C(O)c1ccccc1[O-].[Na+].[SH-]. The van der Waals surface area contributed by atoms with Crippen LogP contribution < -0.4 is 34.7 Å². The molecule has 0 aliphatic heterocycles. The molecule has 104 valence electrons. The van der Waals surface area contributed by atoms with Crippen LogP contribution in [-0.4, -0.2) is 55.0 Å². The molecule has 0 spiro atoms. The van der Waals surface area contributed by atoms with Crippen molar-refractivity contribution in [3.05, 3.63) is 29.8 Å². The standard InChI is InChI=1S/C7H6O3.C5H14NO.Na.H2S/c8-6-4-2-1-3-5(6)7(9)10;1-6(2,3)4-5-7;;/h1-4,8H,(H,9,10);7H,4-5H2,1-3H3;;1H2/q;2*+1;/p-2. The van der Waals surface area contributed by atoms with Crippen LogP contribution in [0.1, 0.15) is 10.4 Å². The first-order valence-corrected chi connectivity index (χ1v) is 5.18. The molecule has 2 N–H and O–H groups in total. The molecule has 19 heavy (non-hydrogen) atoms.